The number of carbonyl (C=O) groups excluding carboxylic acids is 1. The number of esters is 1. The highest BCUT2D eigenvalue weighted by Gasteiger charge is 2.25. The third-order valence-electron chi connectivity index (χ3n) is 9.71. The molecule has 51 heavy (non-hydrogen) atoms. The van der Waals surface area contributed by atoms with Crippen molar-refractivity contribution in [3.63, 3.8) is 0 Å². The minimum Gasteiger partial charge on any atom is -0.463 e. The first-order valence-electron chi connectivity index (χ1n) is 21.8. The van der Waals surface area contributed by atoms with E-state index in [1.165, 1.54) is 154 Å². The summed E-state index contributed by atoms with van der Waals surface area (Å²) in [5, 5.41) is 0. The third kappa shape index (κ3) is 40.5. The average Bonchev–Trinajstić information content (AvgIpc) is 3.08. The molecule has 0 aliphatic heterocycles. The van der Waals surface area contributed by atoms with E-state index in [4.69, 9.17) is 18.5 Å². The summed E-state index contributed by atoms with van der Waals surface area (Å²) in [5.41, 5.74) is 0. The molecule has 0 rings (SSSR count). The van der Waals surface area contributed by atoms with Crippen LogP contribution in [-0.2, 0) is 27.9 Å². The van der Waals surface area contributed by atoms with E-state index in [1.54, 1.807) is 0 Å². The van der Waals surface area contributed by atoms with Crippen LogP contribution in [0.2, 0.25) is 0 Å². The standard InChI is InChI=1S/C42H86NO7P/c1-6-8-10-12-14-16-18-20-22-23-25-27-29-31-33-35-42(44)48-39-41(40-50-51(45,46)49-38-36-43(3,4)5)47-37-34-32-30-28-26-24-21-19-17-15-13-11-9-7-2/h41H,6-40H2,1-5H3/p+1/t41-/m1/s1. The Morgan fingerprint density at radius 2 is 0.902 bits per heavy atom. The van der Waals surface area contributed by atoms with Gasteiger partial charge in [0.2, 0.25) is 0 Å². The van der Waals surface area contributed by atoms with Gasteiger partial charge in [0.05, 0.1) is 27.7 Å². The molecule has 0 aromatic carbocycles. The lowest BCUT2D eigenvalue weighted by atomic mass is 10.0. The number of rotatable bonds is 41. The van der Waals surface area contributed by atoms with E-state index < -0.39 is 13.9 Å². The Kier molecular flexibility index (Phi) is 36.1. The number of carbonyl (C=O) groups is 1. The van der Waals surface area contributed by atoms with Gasteiger partial charge in [-0.05, 0) is 12.8 Å². The fraction of sp³-hybridized carbons (Fsp3) is 0.976. The van der Waals surface area contributed by atoms with Gasteiger partial charge < -0.3 is 18.9 Å². The van der Waals surface area contributed by atoms with Crippen molar-refractivity contribution in [2.45, 2.75) is 213 Å². The highest BCUT2D eigenvalue weighted by atomic mass is 31.2. The van der Waals surface area contributed by atoms with Gasteiger partial charge in [-0.25, -0.2) is 4.57 Å². The quantitative estimate of drug-likeness (QED) is 0.0288. The number of nitrogens with zero attached hydrogens (tertiary/aromatic N) is 1. The molecule has 1 N–H and O–H groups in total. The van der Waals surface area contributed by atoms with Crippen LogP contribution in [0.4, 0.5) is 0 Å². The molecule has 0 aliphatic rings. The second-order valence-corrected chi connectivity index (χ2v) is 17.5. The number of phosphoric ester groups is 1. The van der Waals surface area contributed by atoms with E-state index in [-0.39, 0.29) is 25.8 Å². The molecular weight excluding hydrogens is 661 g/mol. The summed E-state index contributed by atoms with van der Waals surface area (Å²) in [7, 11) is 1.73. The lowest BCUT2D eigenvalue weighted by Gasteiger charge is -2.24. The zero-order valence-corrected chi connectivity index (χ0v) is 35.5. The van der Waals surface area contributed by atoms with E-state index >= 15 is 0 Å². The molecule has 306 valence electrons. The summed E-state index contributed by atoms with van der Waals surface area (Å²) in [6.45, 7) is 5.57. The minimum atomic E-state index is -4.23. The predicted molar refractivity (Wildman–Crippen MR) is 215 cm³/mol. The van der Waals surface area contributed by atoms with Crippen molar-refractivity contribution >= 4 is 13.8 Å². The van der Waals surface area contributed by atoms with Crippen LogP contribution in [0.25, 0.3) is 0 Å². The number of phosphoric acid groups is 1. The van der Waals surface area contributed by atoms with Crippen molar-refractivity contribution in [1.29, 1.82) is 0 Å². The van der Waals surface area contributed by atoms with E-state index in [0.717, 1.165) is 32.1 Å². The maximum atomic E-state index is 12.5. The Bertz CT molecular complexity index is 792. The molecule has 0 bridgehead atoms. The first-order chi connectivity index (χ1) is 24.6. The minimum absolute atomic E-state index is 0.00899. The molecule has 0 amide bonds. The lowest BCUT2D eigenvalue weighted by molar-refractivity contribution is -0.870. The van der Waals surface area contributed by atoms with Crippen LogP contribution in [0.3, 0.4) is 0 Å². The fourth-order valence-corrected chi connectivity index (χ4v) is 6.98. The van der Waals surface area contributed by atoms with Gasteiger partial charge in [0.15, 0.2) is 0 Å². The van der Waals surface area contributed by atoms with Crippen LogP contribution >= 0.6 is 7.82 Å². The van der Waals surface area contributed by atoms with Crippen LogP contribution < -0.4 is 0 Å². The monoisotopic (exact) mass is 749 g/mol. The SMILES string of the molecule is CCCCCCCCCCCCCCCCCC(=O)OC[C@H](COP(=O)(O)OCC[N+](C)(C)C)OCCCCCCCCCCCCCCCC. The number of hydrogen-bond donors (Lipinski definition) is 1. The van der Waals surface area contributed by atoms with E-state index in [1.807, 2.05) is 21.1 Å². The molecule has 0 aliphatic carbocycles. The molecule has 0 fully saturated rings. The van der Waals surface area contributed by atoms with Crippen LogP contribution in [-0.4, -0.2) is 75.6 Å². The Morgan fingerprint density at radius 1 is 0.529 bits per heavy atom. The van der Waals surface area contributed by atoms with Gasteiger partial charge in [-0.2, -0.15) is 0 Å². The van der Waals surface area contributed by atoms with Crippen molar-refractivity contribution in [1.82, 2.24) is 0 Å². The van der Waals surface area contributed by atoms with Crippen LogP contribution in [0.15, 0.2) is 0 Å². The molecule has 0 radical (unpaired) electrons. The van der Waals surface area contributed by atoms with E-state index in [2.05, 4.69) is 13.8 Å². The summed E-state index contributed by atoms with van der Waals surface area (Å²) in [4.78, 5) is 22.7. The normalized spacial score (nSPS) is 13.8. The fourth-order valence-electron chi connectivity index (χ4n) is 6.23. The maximum Gasteiger partial charge on any atom is 0.472 e. The van der Waals surface area contributed by atoms with Crippen LogP contribution in [0.1, 0.15) is 206 Å². The molecule has 0 heterocycles. The molecule has 1 unspecified atom stereocenters. The molecule has 0 saturated carbocycles. The van der Waals surface area contributed by atoms with Crippen molar-refractivity contribution in [2.75, 3.05) is 54.1 Å². The number of ether oxygens (including phenoxy) is 2. The molecule has 9 heteroatoms. The zero-order valence-electron chi connectivity index (χ0n) is 34.6. The van der Waals surface area contributed by atoms with Gasteiger partial charge >= 0.3 is 13.8 Å². The number of quaternary nitrogens is 1. The predicted octanol–water partition coefficient (Wildman–Crippen LogP) is 12.5. The van der Waals surface area contributed by atoms with Crippen LogP contribution in [0.5, 0.6) is 0 Å². The molecule has 0 saturated heterocycles. The summed E-state index contributed by atoms with van der Waals surface area (Å²) in [6.07, 6.45) is 37.1. The van der Waals surface area contributed by atoms with Gasteiger partial charge in [0.25, 0.3) is 0 Å². The number of likely N-dealkylation sites (N-methyl/N-ethyl adjacent to an activating group) is 1. The largest absolute Gasteiger partial charge is 0.472 e. The van der Waals surface area contributed by atoms with E-state index in [0.29, 0.717) is 24.1 Å². The van der Waals surface area contributed by atoms with Crippen molar-refractivity contribution in [2.24, 2.45) is 0 Å². The Hall–Kier alpha value is -0.500. The van der Waals surface area contributed by atoms with Gasteiger partial charge in [0, 0.05) is 13.0 Å². The van der Waals surface area contributed by atoms with Crippen LogP contribution in [0, 0.1) is 0 Å². The third-order valence-corrected chi connectivity index (χ3v) is 10.7. The van der Waals surface area contributed by atoms with Crippen molar-refractivity contribution < 1.29 is 37.3 Å². The smallest absolute Gasteiger partial charge is 0.463 e. The van der Waals surface area contributed by atoms with Gasteiger partial charge in [-0.1, -0.05) is 187 Å². The molecule has 0 spiro atoms. The zero-order chi connectivity index (χ0) is 37.7. The first kappa shape index (κ1) is 50.5. The van der Waals surface area contributed by atoms with Crippen molar-refractivity contribution in [3.8, 4) is 0 Å². The Morgan fingerprint density at radius 3 is 1.29 bits per heavy atom. The topological polar surface area (TPSA) is 91.3 Å². The highest BCUT2D eigenvalue weighted by molar-refractivity contribution is 7.47. The van der Waals surface area contributed by atoms with Gasteiger partial charge in [-0.15, -0.1) is 0 Å². The molecule has 2 atom stereocenters. The summed E-state index contributed by atoms with van der Waals surface area (Å²) >= 11 is 0. The van der Waals surface area contributed by atoms with Gasteiger partial charge in [-0.3, -0.25) is 13.8 Å². The average molecular weight is 749 g/mol. The first-order valence-corrected chi connectivity index (χ1v) is 23.3. The second-order valence-electron chi connectivity index (χ2n) is 16.1. The number of unbranched alkanes of at least 4 members (excludes halogenated alkanes) is 27. The van der Waals surface area contributed by atoms with Gasteiger partial charge in [0.1, 0.15) is 25.9 Å². The molecule has 0 aromatic heterocycles. The highest BCUT2D eigenvalue weighted by Crippen LogP contribution is 2.43. The Labute approximate surface area is 317 Å². The Balaban J connectivity index is 4.18. The van der Waals surface area contributed by atoms with E-state index in [9.17, 15) is 14.3 Å². The molecular formula is C42H87NO7P+. The number of hydrogen-bond acceptors (Lipinski definition) is 6. The summed E-state index contributed by atoms with van der Waals surface area (Å²) < 4.78 is 35.0. The molecule has 8 nitrogen and oxygen atoms in total. The van der Waals surface area contributed by atoms with Crippen molar-refractivity contribution in [3.05, 3.63) is 0 Å². The second kappa shape index (κ2) is 36.5. The lowest BCUT2D eigenvalue weighted by Crippen LogP contribution is -2.37. The maximum absolute atomic E-state index is 12.5. The molecule has 0 aromatic rings. The summed E-state index contributed by atoms with van der Waals surface area (Å²) in [6, 6.07) is 0. The summed E-state index contributed by atoms with van der Waals surface area (Å²) in [5.74, 6) is -0.249.